The van der Waals surface area contributed by atoms with Crippen molar-refractivity contribution in [3.05, 3.63) is 60.7 Å². The molecule has 0 radical (unpaired) electrons. The average Bonchev–Trinajstić information content (AvgIpc) is 3.09. The molecule has 1 saturated heterocycles. The van der Waals surface area contributed by atoms with E-state index in [1.807, 2.05) is 12.1 Å². The van der Waals surface area contributed by atoms with Crippen LogP contribution >= 0.6 is 0 Å². The van der Waals surface area contributed by atoms with Crippen LogP contribution in [0.1, 0.15) is 40.5 Å². The highest BCUT2D eigenvalue weighted by molar-refractivity contribution is 6.99. The molecule has 0 aliphatic carbocycles. The molecule has 2 unspecified atom stereocenters. The van der Waals surface area contributed by atoms with Crippen molar-refractivity contribution in [3.63, 3.8) is 0 Å². The second kappa shape index (κ2) is 8.60. The Morgan fingerprint density at radius 3 is 2.00 bits per heavy atom. The first kappa shape index (κ1) is 20.8. The minimum Gasteiger partial charge on any atom is -0.436 e. The van der Waals surface area contributed by atoms with Gasteiger partial charge in [0.1, 0.15) is 0 Å². The summed E-state index contributed by atoms with van der Waals surface area (Å²) in [7, 11) is -2.56. The lowest BCUT2D eigenvalue weighted by Gasteiger charge is -2.43. The highest BCUT2D eigenvalue weighted by Gasteiger charge is 2.50. The van der Waals surface area contributed by atoms with Crippen LogP contribution in [0.5, 0.6) is 0 Å². The molecule has 0 amide bonds. The van der Waals surface area contributed by atoms with Crippen molar-refractivity contribution in [2.75, 3.05) is 6.61 Å². The molecule has 2 atom stereocenters. The molecule has 0 spiro atoms. The van der Waals surface area contributed by atoms with Crippen molar-refractivity contribution >= 4 is 24.7 Å². The third-order valence-electron chi connectivity index (χ3n) is 5.27. The summed E-state index contributed by atoms with van der Waals surface area (Å²) < 4.78 is 18.0. The molecule has 0 aromatic heterocycles. The fourth-order valence-corrected chi connectivity index (χ4v) is 8.64. The summed E-state index contributed by atoms with van der Waals surface area (Å²) >= 11 is 0. The Labute approximate surface area is 169 Å². The number of carbonyl (C=O) groups excluding carboxylic acids is 1. The summed E-state index contributed by atoms with van der Waals surface area (Å²) in [6.07, 6.45) is 1.03. The Morgan fingerprint density at radius 2 is 1.54 bits per heavy atom. The fourth-order valence-electron chi connectivity index (χ4n) is 4.05. The van der Waals surface area contributed by atoms with Crippen LogP contribution in [0.25, 0.3) is 0 Å². The largest absolute Gasteiger partial charge is 0.436 e. The lowest BCUT2D eigenvalue weighted by atomic mass is 10.2. The van der Waals surface area contributed by atoms with Crippen molar-refractivity contribution in [2.45, 2.75) is 58.0 Å². The first-order chi connectivity index (χ1) is 13.3. The molecule has 1 heterocycles. The van der Waals surface area contributed by atoms with Crippen LogP contribution in [-0.4, -0.2) is 33.3 Å². The smallest absolute Gasteiger partial charge is 0.304 e. The molecule has 28 heavy (non-hydrogen) atoms. The van der Waals surface area contributed by atoms with Crippen LogP contribution in [0.2, 0.25) is 5.04 Å². The molecule has 4 nitrogen and oxygen atoms in total. The Morgan fingerprint density at radius 1 is 1.00 bits per heavy atom. The summed E-state index contributed by atoms with van der Waals surface area (Å²) in [6, 6.07) is 21.1. The SMILES string of the molecule is CC(=O)OC1CCC(CO[Si](c2ccccc2)(c2ccccc2)C(C)(C)C)O1. The van der Waals surface area contributed by atoms with E-state index in [1.54, 1.807) is 0 Å². The highest BCUT2D eigenvalue weighted by Crippen LogP contribution is 2.37. The standard InChI is InChI=1S/C23H30O4Si/c1-18(24)26-22-16-15-19(27-22)17-25-28(23(2,3)4,20-11-7-5-8-12-20)21-13-9-6-10-14-21/h5-14,19,22H,15-17H2,1-4H3. The maximum Gasteiger partial charge on any atom is 0.304 e. The number of rotatable bonds is 6. The third-order valence-corrected chi connectivity index (χ3v) is 10.3. The lowest BCUT2D eigenvalue weighted by Crippen LogP contribution is -2.67. The van der Waals surface area contributed by atoms with Gasteiger partial charge >= 0.3 is 5.97 Å². The normalized spacial score (nSPS) is 20.1. The zero-order valence-electron chi connectivity index (χ0n) is 17.2. The van der Waals surface area contributed by atoms with Crippen LogP contribution in [0.4, 0.5) is 0 Å². The first-order valence-electron chi connectivity index (χ1n) is 9.90. The van der Waals surface area contributed by atoms with Gasteiger partial charge in [-0.15, -0.1) is 0 Å². The molecular formula is C23H30O4Si. The number of carbonyl (C=O) groups is 1. The molecular weight excluding hydrogens is 368 g/mol. The van der Waals surface area contributed by atoms with E-state index in [2.05, 4.69) is 69.3 Å². The molecule has 0 N–H and O–H groups in total. The quantitative estimate of drug-likeness (QED) is 0.551. The summed E-state index contributed by atoms with van der Waals surface area (Å²) in [5.41, 5.74) is 0. The van der Waals surface area contributed by atoms with E-state index < -0.39 is 14.6 Å². The van der Waals surface area contributed by atoms with Gasteiger partial charge < -0.3 is 13.9 Å². The van der Waals surface area contributed by atoms with Crippen LogP contribution in [0, 0.1) is 0 Å². The average molecular weight is 399 g/mol. The van der Waals surface area contributed by atoms with E-state index in [0.717, 1.165) is 6.42 Å². The molecule has 0 bridgehead atoms. The third kappa shape index (κ3) is 4.37. The Hall–Kier alpha value is -1.95. The molecule has 2 aromatic carbocycles. The van der Waals surface area contributed by atoms with E-state index in [1.165, 1.54) is 17.3 Å². The van der Waals surface area contributed by atoms with Gasteiger partial charge in [-0.05, 0) is 21.8 Å². The summed E-state index contributed by atoms with van der Waals surface area (Å²) in [5.74, 6) is -0.307. The number of hydrogen-bond donors (Lipinski definition) is 0. The summed E-state index contributed by atoms with van der Waals surface area (Å²) in [4.78, 5) is 11.2. The number of ether oxygens (including phenoxy) is 2. The van der Waals surface area contributed by atoms with Gasteiger partial charge in [-0.2, -0.15) is 0 Å². The maximum atomic E-state index is 11.2. The van der Waals surface area contributed by atoms with Crippen molar-refractivity contribution in [2.24, 2.45) is 0 Å². The summed E-state index contributed by atoms with van der Waals surface area (Å²) in [5, 5.41) is 2.44. The van der Waals surface area contributed by atoms with Gasteiger partial charge in [0.15, 0.2) is 0 Å². The second-order valence-electron chi connectivity index (χ2n) is 8.35. The number of benzene rings is 2. The van der Waals surface area contributed by atoms with Gasteiger partial charge in [0, 0.05) is 13.3 Å². The molecule has 3 rings (SSSR count). The Balaban J connectivity index is 1.90. The van der Waals surface area contributed by atoms with Gasteiger partial charge in [0.25, 0.3) is 8.32 Å². The number of hydrogen-bond acceptors (Lipinski definition) is 4. The van der Waals surface area contributed by atoms with Crippen LogP contribution in [-0.2, 0) is 18.7 Å². The monoisotopic (exact) mass is 398 g/mol. The zero-order valence-corrected chi connectivity index (χ0v) is 18.2. The fraction of sp³-hybridized carbons (Fsp3) is 0.435. The Bertz CT molecular complexity index is 731. The Kier molecular flexibility index (Phi) is 6.38. The topological polar surface area (TPSA) is 44.8 Å². The predicted molar refractivity (Wildman–Crippen MR) is 113 cm³/mol. The highest BCUT2D eigenvalue weighted by atomic mass is 28.4. The minimum absolute atomic E-state index is 0.0639. The molecule has 1 fully saturated rings. The molecule has 2 aromatic rings. The minimum atomic E-state index is -2.56. The van der Waals surface area contributed by atoms with Crippen molar-refractivity contribution in [1.29, 1.82) is 0 Å². The maximum absolute atomic E-state index is 11.2. The van der Waals surface area contributed by atoms with E-state index in [4.69, 9.17) is 13.9 Å². The van der Waals surface area contributed by atoms with E-state index in [9.17, 15) is 4.79 Å². The molecule has 0 saturated carbocycles. The molecule has 1 aliphatic rings. The van der Waals surface area contributed by atoms with Crippen LogP contribution in [0.15, 0.2) is 60.7 Å². The van der Waals surface area contributed by atoms with Crippen molar-refractivity contribution in [3.8, 4) is 0 Å². The van der Waals surface area contributed by atoms with Crippen LogP contribution < -0.4 is 10.4 Å². The first-order valence-corrected chi connectivity index (χ1v) is 11.8. The number of esters is 1. The lowest BCUT2D eigenvalue weighted by molar-refractivity contribution is -0.174. The molecule has 1 aliphatic heterocycles. The van der Waals surface area contributed by atoms with E-state index in [-0.39, 0.29) is 17.1 Å². The second-order valence-corrected chi connectivity index (χ2v) is 12.7. The van der Waals surface area contributed by atoms with Crippen molar-refractivity contribution in [1.82, 2.24) is 0 Å². The molecule has 5 heteroatoms. The van der Waals surface area contributed by atoms with Gasteiger partial charge in [0.2, 0.25) is 6.29 Å². The van der Waals surface area contributed by atoms with Gasteiger partial charge in [-0.25, -0.2) is 0 Å². The zero-order chi connectivity index (χ0) is 20.2. The van der Waals surface area contributed by atoms with E-state index in [0.29, 0.717) is 13.0 Å². The van der Waals surface area contributed by atoms with Gasteiger partial charge in [-0.1, -0.05) is 81.4 Å². The van der Waals surface area contributed by atoms with Crippen molar-refractivity contribution < 1.29 is 18.7 Å². The van der Waals surface area contributed by atoms with Gasteiger partial charge in [-0.3, -0.25) is 4.79 Å². The molecule has 150 valence electrons. The van der Waals surface area contributed by atoms with Crippen LogP contribution in [0.3, 0.4) is 0 Å². The van der Waals surface area contributed by atoms with E-state index >= 15 is 0 Å². The predicted octanol–water partition coefficient (Wildman–Crippen LogP) is 3.63. The summed E-state index contributed by atoms with van der Waals surface area (Å²) in [6.45, 7) is 8.68. The van der Waals surface area contributed by atoms with Gasteiger partial charge in [0.05, 0.1) is 12.7 Å².